The molecule has 0 aromatic heterocycles. The normalized spacial score (nSPS) is 37.4. The second-order valence-electron chi connectivity index (χ2n) is 3.94. The Kier molecular flexibility index (Phi) is 2.47. The maximum absolute atomic E-state index is 11.5. The molecule has 0 radical (unpaired) electrons. The van der Waals surface area contributed by atoms with Gasteiger partial charge in [-0.15, -0.1) is 0 Å². The number of hydroxylamine groups is 1. The van der Waals surface area contributed by atoms with Gasteiger partial charge in [0.2, 0.25) is 5.91 Å². The third kappa shape index (κ3) is 1.32. The van der Waals surface area contributed by atoms with E-state index in [2.05, 4.69) is 5.48 Å². The first-order valence-electron chi connectivity index (χ1n) is 5.00. The minimum Gasteiger partial charge on any atom is -0.369 e. The van der Waals surface area contributed by atoms with Crippen LogP contribution in [0.3, 0.4) is 0 Å². The van der Waals surface area contributed by atoms with Crippen LogP contribution in [0.1, 0.15) is 25.7 Å². The fourth-order valence-electron chi connectivity index (χ4n) is 2.45. The van der Waals surface area contributed by atoms with Crippen LogP contribution in [0.25, 0.3) is 0 Å². The molecule has 2 aliphatic heterocycles. The zero-order valence-corrected chi connectivity index (χ0v) is 8.32. The van der Waals surface area contributed by atoms with Crippen LogP contribution < -0.4 is 5.48 Å². The van der Waals surface area contributed by atoms with Crippen molar-refractivity contribution < 1.29 is 14.7 Å². The number of fused-ring (bicyclic) bond motifs is 1. The molecular formula is C9H16N2O3. The van der Waals surface area contributed by atoms with Gasteiger partial charge < -0.3 is 14.8 Å². The maximum Gasteiger partial charge on any atom is 0.224 e. The van der Waals surface area contributed by atoms with Crippen molar-refractivity contribution in [1.29, 1.82) is 0 Å². The van der Waals surface area contributed by atoms with Crippen LogP contribution in [0.15, 0.2) is 0 Å². The number of rotatable bonds is 2. The van der Waals surface area contributed by atoms with Crippen molar-refractivity contribution in [3.05, 3.63) is 0 Å². The Hall–Kier alpha value is -0.650. The number of hydrogen-bond acceptors (Lipinski definition) is 4. The molecule has 0 saturated carbocycles. The lowest BCUT2D eigenvalue weighted by Gasteiger charge is -2.40. The van der Waals surface area contributed by atoms with Crippen molar-refractivity contribution in [2.45, 2.75) is 37.5 Å². The number of carbonyl (C=O) groups excluding carboxylic acids is 1. The number of amides is 1. The third-order valence-electron chi connectivity index (χ3n) is 3.16. The van der Waals surface area contributed by atoms with Crippen LogP contribution >= 0.6 is 0 Å². The van der Waals surface area contributed by atoms with Crippen molar-refractivity contribution in [1.82, 2.24) is 10.4 Å². The first-order valence-corrected chi connectivity index (χ1v) is 5.00. The van der Waals surface area contributed by atoms with E-state index in [0.717, 1.165) is 12.8 Å². The SMILES string of the molecule is CON[C@H]1CCN2C(=O)CCCC12O. The highest BCUT2D eigenvalue weighted by Gasteiger charge is 2.51. The molecule has 2 fully saturated rings. The fourth-order valence-corrected chi connectivity index (χ4v) is 2.45. The van der Waals surface area contributed by atoms with Gasteiger partial charge >= 0.3 is 0 Å². The topological polar surface area (TPSA) is 61.8 Å². The number of nitrogens with one attached hydrogen (secondary N) is 1. The number of aliphatic hydroxyl groups is 1. The van der Waals surface area contributed by atoms with E-state index >= 15 is 0 Å². The van der Waals surface area contributed by atoms with Crippen molar-refractivity contribution in [2.24, 2.45) is 0 Å². The van der Waals surface area contributed by atoms with Crippen LogP contribution in [0.4, 0.5) is 0 Å². The van der Waals surface area contributed by atoms with E-state index < -0.39 is 5.72 Å². The summed E-state index contributed by atoms with van der Waals surface area (Å²) in [6.45, 7) is 0.621. The highest BCUT2D eigenvalue weighted by Crippen LogP contribution is 2.36. The zero-order chi connectivity index (χ0) is 10.2. The Labute approximate surface area is 83.0 Å². The van der Waals surface area contributed by atoms with E-state index in [-0.39, 0.29) is 11.9 Å². The molecule has 5 heteroatoms. The number of carbonyl (C=O) groups is 1. The van der Waals surface area contributed by atoms with Gasteiger partial charge in [-0.05, 0) is 19.3 Å². The molecule has 5 nitrogen and oxygen atoms in total. The Bertz CT molecular complexity index is 246. The molecule has 14 heavy (non-hydrogen) atoms. The summed E-state index contributed by atoms with van der Waals surface area (Å²) in [5.41, 5.74) is 1.74. The summed E-state index contributed by atoms with van der Waals surface area (Å²) in [6.07, 6.45) is 2.70. The molecule has 2 N–H and O–H groups in total. The maximum atomic E-state index is 11.5. The van der Waals surface area contributed by atoms with Crippen LogP contribution in [-0.2, 0) is 9.63 Å². The van der Waals surface area contributed by atoms with Gasteiger partial charge in [-0.2, -0.15) is 5.48 Å². The largest absolute Gasteiger partial charge is 0.369 e. The van der Waals surface area contributed by atoms with Crippen LogP contribution in [0.2, 0.25) is 0 Å². The molecule has 0 spiro atoms. The fraction of sp³-hybridized carbons (Fsp3) is 0.889. The van der Waals surface area contributed by atoms with Gasteiger partial charge in [-0.1, -0.05) is 0 Å². The molecule has 2 aliphatic rings. The second-order valence-corrected chi connectivity index (χ2v) is 3.94. The van der Waals surface area contributed by atoms with Gasteiger partial charge in [-0.3, -0.25) is 4.79 Å². The predicted octanol–water partition coefficient (Wildman–Crippen LogP) is -0.389. The highest BCUT2D eigenvalue weighted by molar-refractivity contribution is 5.78. The molecule has 2 heterocycles. The van der Waals surface area contributed by atoms with E-state index in [1.165, 1.54) is 7.11 Å². The Balaban J connectivity index is 2.16. The lowest BCUT2D eigenvalue weighted by molar-refractivity contribution is -0.171. The third-order valence-corrected chi connectivity index (χ3v) is 3.16. The van der Waals surface area contributed by atoms with Gasteiger partial charge in [0.15, 0.2) is 5.72 Å². The highest BCUT2D eigenvalue weighted by atomic mass is 16.6. The van der Waals surface area contributed by atoms with E-state index in [0.29, 0.717) is 19.4 Å². The van der Waals surface area contributed by atoms with Crippen molar-refractivity contribution in [3.63, 3.8) is 0 Å². The van der Waals surface area contributed by atoms with Gasteiger partial charge in [0.25, 0.3) is 0 Å². The summed E-state index contributed by atoms with van der Waals surface area (Å²) < 4.78 is 0. The van der Waals surface area contributed by atoms with Crippen molar-refractivity contribution in [2.75, 3.05) is 13.7 Å². The molecule has 0 aromatic carbocycles. The molecule has 0 bridgehead atoms. The summed E-state index contributed by atoms with van der Waals surface area (Å²) in [6, 6.07) is -0.156. The summed E-state index contributed by atoms with van der Waals surface area (Å²) in [4.78, 5) is 17.9. The minimum absolute atomic E-state index is 0.0548. The smallest absolute Gasteiger partial charge is 0.224 e. The molecule has 2 saturated heterocycles. The van der Waals surface area contributed by atoms with E-state index in [1.807, 2.05) is 0 Å². The first-order chi connectivity index (χ1) is 6.68. The van der Waals surface area contributed by atoms with E-state index in [4.69, 9.17) is 4.84 Å². The van der Waals surface area contributed by atoms with Crippen LogP contribution in [0, 0.1) is 0 Å². The lowest BCUT2D eigenvalue weighted by atomic mass is 9.95. The van der Waals surface area contributed by atoms with Gasteiger partial charge in [-0.25, -0.2) is 0 Å². The van der Waals surface area contributed by atoms with Crippen molar-refractivity contribution >= 4 is 5.91 Å². The standard InChI is InChI=1S/C9H16N2O3/c1-14-10-7-4-6-11-8(12)3-2-5-9(7,11)13/h7,10,13H,2-6H2,1H3/t7-,9?/m0/s1. The predicted molar refractivity (Wildman–Crippen MR) is 49.1 cm³/mol. The van der Waals surface area contributed by atoms with Gasteiger partial charge in [0, 0.05) is 13.0 Å². The molecule has 1 unspecified atom stereocenters. The Morgan fingerprint density at radius 1 is 1.71 bits per heavy atom. The molecular weight excluding hydrogens is 184 g/mol. The average Bonchev–Trinajstić information content (AvgIpc) is 2.46. The van der Waals surface area contributed by atoms with Crippen molar-refractivity contribution in [3.8, 4) is 0 Å². The average molecular weight is 200 g/mol. The first kappa shape index (κ1) is 9.89. The Morgan fingerprint density at radius 2 is 2.50 bits per heavy atom. The summed E-state index contributed by atoms with van der Waals surface area (Å²) in [7, 11) is 1.52. The molecule has 0 aliphatic carbocycles. The van der Waals surface area contributed by atoms with E-state index in [1.54, 1.807) is 4.90 Å². The molecule has 1 amide bonds. The molecule has 0 aromatic rings. The molecule has 2 rings (SSSR count). The van der Waals surface area contributed by atoms with Gasteiger partial charge in [0.1, 0.15) is 0 Å². The minimum atomic E-state index is -1.02. The summed E-state index contributed by atoms with van der Waals surface area (Å²) in [5.74, 6) is 0.0548. The summed E-state index contributed by atoms with van der Waals surface area (Å²) in [5, 5.41) is 10.3. The summed E-state index contributed by atoms with van der Waals surface area (Å²) >= 11 is 0. The van der Waals surface area contributed by atoms with Crippen LogP contribution in [0.5, 0.6) is 0 Å². The number of nitrogens with zero attached hydrogens (tertiary/aromatic N) is 1. The molecule has 80 valence electrons. The van der Waals surface area contributed by atoms with Gasteiger partial charge in [0.05, 0.1) is 13.2 Å². The molecule has 2 atom stereocenters. The lowest BCUT2D eigenvalue weighted by Crippen LogP contribution is -2.58. The van der Waals surface area contributed by atoms with Crippen LogP contribution in [-0.4, -0.2) is 41.3 Å². The Morgan fingerprint density at radius 3 is 3.21 bits per heavy atom. The monoisotopic (exact) mass is 200 g/mol. The second kappa shape index (κ2) is 3.49. The van der Waals surface area contributed by atoms with E-state index in [9.17, 15) is 9.90 Å². The quantitative estimate of drug-likeness (QED) is 0.596. The number of hydrogen-bond donors (Lipinski definition) is 2. The number of piperidine rings is 1. The zero-order valence-electron chi connectivity index (χ0n) is 8.32.